The molecule has 1 aromatic rings. The number of nitrogens with zero attached hydrogens (tertiary/aromatic N) is 2. The van der Waals surface area contributed by atoms with Crippen molar-refractivity contribution in [2.24, 2.45) is 0 Å². The van der Waals surface area contributed by atoms with Crippen molar-refractivity contribution in [2.75, 3.05) is 18.4 Å². The summed E-state index contributed by atoms with van der Waals surface area (Å²) in [7, 11) is 0. The van der Waals surface area contributed by atoms with Crippen molar-refractivity contribution in [3.05, 3.63) is 18.1 Å². The van der Waals surface area contributed by atoms with Gasteiger partial charge in [-0.05, 0) is 20.3 Å². The molecule has 0 bridgehead atoms. The number of amides is 2. The topological polar surface area (TPSA) is 96.0 Å². The molecule has 0 aliphatic rings. The minimum atomic E-state index is -0.418. The second-order valence-electron chi connectivity index (χ2n) is 4.62. The predicted octanol–water partition coefficient (Wildman–Crippen LogP) is 0.553. The summed E-state index contributed by atoms with van der Waals surface area (Å²) in [6.07, 6.45) is 3.86. The van der Waals surface area contributed by atoms with Crippen LogP contribution < -0.4 is 16.0 Å². The number of carbonyl (C=O) groups is 2. The maximum atomic E-state index is 11.7. The highest BCUT2D eigenvalue weighted by Crippen LogP contribution is 2.00. The predicted molar refractivity (Wildman–Crippen MR) is 76.4 cm³/mol. The van der Waals surface area contributed by atoms with Gasteiger partial charge < -0.3 is 16.0 Å². The molecule has 0 aromatic carbocycles. The van der Waals surface area contributed by atoms with Gasteiger partial charge in [-0.3, -0.25) is 9.59 Å². The molecule has 7 heteroatoms. The minimum absolute atomic E-state index is 0.0446. The van der Waals surface area contributed by atoms with Gasteiger partial charge in [-0.25, -0.2) is 9.97 Å². The first-order valence-corrected chi connectivity index (χ1v) is 6.66. The van der Waals surface area contributed by atoms with E-state index in [2.05, 4.69) is 25.9 Å². The fourth-order valence-electron chi connectivity index (χ4n) is 1.41. The lowest BCUT2D eigenvalue weighted by molar-refractivity contribution is -0.120. The Balaban J connectivity index is 2.45. The van der Waals surface area contributed by atoms with Gasteiger partial charge >= 0.3 is 0 Å². The lowest BCUT2D eigenvalue weighted by Gasteiger charge is -2.09. The van der Waals surface area contributed by atoms with E-state index in [1.165, 1.54) is 12.4 Å². The van der Waals surface area contributed by atoms with E-state index < -0.39 is 5.91 Å². The quantitative estimate of drug-likeness (QED) is 0.677. The van der Waals surface area contributed by atoms with Crippen LogP contribution in [0.5, 0.6) is 0 Å². The molecule has 0 atom stereocenters. The average molecular weight is 279 g/mol. The molecule has 7 nitrogen and oxygen atoms in total. The Morgan fingerprint density at radius 1 is 1.25 bits per heavy atom. The molecule has 1 heterocycles. The molecule has 0 radical (unpaired) electrons. The lowest BCUT2D eigenvalue weighted by Crippen LogP contribution is -2.40. The van der Waals surface area contributed by atoms with Crippen molar-refractivity contribution in [1.82, 2.24) is 20.6 Å². The molecule has 110 valence electrons. The van der Waals surface area contributed by atoms with E-state index in [1.54, 1.807) is 0 Å². The molecule has 0 aliphatic heterocycles. The van der Waals surface area contributed by atoms with E-state index in [9.17, 15) is 9.59 Å². The van der Waals surface area contributed by atoms with Crippen molar-refractivity contribution >= 4 is 17.6 Å². The molecule has 20 heavy (non-hydrogen) atoms. The summed E-state index contributed by atoms with van der Waals surface area (Å²) >= 11 is 0. The van der Waals surface area contributed by atoms with Crippen LogP contribution in [0.3, 0.4) is 0 Å². The molecule has 0 aliphatic carbocycles. The van der Waals surface area contributed by atoms with Gasteiger partial charge in [-0.1, -0.05) is 6.92 Å². The summed E-state index contributed by atoms with van der Waals surface area (Å²) in [5.74, 6) is -0.0260. The van der Waals surface area contributed by atoms with Crippen LogP contribution in [0.1, 0.15) is 37.7 Å². The Morgan fingerprint density at radius 2 is 2.00 bits per heavy atom. The van der Waals surface area contributed by atoms with Crippen molar-refractivity contribution in [3.63, 3.8) is 0 Å². The van der Waals surface area contributed by atoms with Crippen molar-refractivity contribution < 1.29 is 9.59 Å². The first-order chi connectivity index (χ1) is 9.52. The third-order valence-corrected chi connectivity index (χ3v) is 2.30. The van der Waals surface area contributed by atoms with Gasteiger partial charge in [0.2, 0.25) is 5.91 Å². The van der Waals surface area contributed by atoms with Gasteiger partial charge in [0, 0.05) is 12.6 Å². The summed E-state index contributed by atoms with van der Waals surface area (Å²) in [6.45, 7) is 6.48. The van der Waals surface area contributed by atoms with E-state index in [4.69, 9.17) is 0 Å². The monoisotopic (exact) mass is 279 g/mol. The standard InChI is InChI=1S/C13H21N5O2/c1-4-5-14-11-7-15-10(6-16-11)13(20)17-8-12(19)18-9(2)3/h6-7,9H,4-5,8H2,1-3H3,(H,14,16)(H,17,20)(H,18,19). The minimum Gasteiger partial charge on any atom is -0.369 e. The van der Waals surface area contributed by atoms with E-state index in [-0.39, 0.29) is 24.2 Å². The number of rotatable bonds is 7. The summed E-state index contributed by atoms with van der Waals surface area (Å²) in [6, 6.07) is 0.0446. The molecule has 1 aromatic heterocycles. The second kappa shape index (κ2) is 8.08. The smallest absolute Gasteiger partial charge is 0.271 e. The largest absolute Gasteiger partial charge is 0.369 e. The Bertz CT molecular complexity index is 445. The molecule has 0 fully saturated rings. The van der Waals surface area contributed by atoms with Gasteiger partial charge in [0.1, 0.15) is 11.5 Å². The van der Waals surface area contributed by atoms with Crippen molar-refractivity contribution in [2.45, 2.75) is 33.2 Å². The molecule has 0 spiro atoms. The molecular formula is C13H21N5O2. The Labute approximate surface area is 118 Å². The molecule has 1 rings (SSSR count). The van der Waals surface area contributed by atoms with Crippen LogP contribution in [0.25, 0.3) is 0 Å². The first-order valence-electron chi connectivity index (χ1n) is 6.66. The van der Waals surface area contributed by atoms with Crippen molar-refractivity contribution in [1.29, 1.82) is 0 Å². The highest BCUT2D eigenvalue weighted by Gasteiger charge is 2.10. The lowest BCUT2D eigenvalue weighted by atomic mass is 10.3. The number of hydrogen-bond acceptors (Lipinski definition) is 5. The van der Waals surface area contributed by atoms with E-state index in [1.807, 2.05) is 20.8 Å². The van der Waals surface area contributed by atoms with Gasteiger partial charge in [-0.2, -0.15) is 0 Å². The molecule has 0 unspecified atom stereocenters. The third-order valence-electron chi connectivity index (χ3n) is 2.30. The number of anilines is 1. The van der Waals surface area contributed by atoms with Crippen LogP contribution in [-0.2, 0) is 4.79 Å². The van der Waals surface area contributed by atoms with Crippen molar-refractivity contribution in [3.8, 4) is 0 Å². The number of hydrogen-bond donors (Lipinski definition) is 3. The zero-order chi connectivity index (χ0) is 15.0. The number of nitrogens with one attached hydrogen (secondary N) is 3. The second-order valence-corrected chi connectivity index (χ2v) is 4.62. The molecule has 3 N–H and O–H groups in total. The fraction of sp³-hybridized carbons (Fsp3) is 0.538. The molecular weight excluding hydrogens is 258 g/mol. The van der Waals surface area contributed by atoms with Gasteiger partial charge in [0.25, 0.3) is 5.91 Å². The van der Waals surface area contributed by atoms with Gasteiger partial charge in [0.05, 0.1) is 18.9 Å². The Hall–Kier alpha value is -2.18. The normalized spacial score (nSPS) is 10.2. The van der Waals surface area contributed by atoms with Gasteiger partial charge in [-0.15, -0.1) is 0 Å². The Morgan fingerprint density at radius 3 is 2.55 bits per heavy atom. The highest BCUT2D eigenvalue weighted by molar-refractivity contribution is 5.94. The molecule has 0 saturated carbocycles. The van der Waals surface area contributed by atoms with Crippen LogP contribution in [0.2, 0.25) is 0 Å². The summed E-state index contributed by atoms with van der Waals surface area (Å²) in [4.78, 5) is 31.2. The first kappa shape index (κ1) is 15.9. The zero-order valence-electron chi connectivity index (χ0n) is 12.1. The fourth-order valence-corrected chi connectivity index (χ4v) is 1.41. The molecule has 2 amide bonds. The zero-order valence-corrected chi connectivity index (χ0v) is 12.1. The van der Waals surface area contributed by atoms with E-state index in [0.29, 0.717) is 5.82 Å². The summed E-state index contributed by atoms with van der Waals surface area (Å²) in [5.41, 5.74) is 0.185. The number of aromatic nitrogens is 2. The highest BCUT2D eigenvalue weighted by atomic mass is 16.2. The van der Waals surface area contributed by atoms with Crippen LogP contribution in [0.4, 0.5) is 5.82 Å². The van der Waals surface area contributed by atoms with Crippen LogP contribution in [0.15, 0.2) is 12.4 Å². The Kier molecular flexibility index (Phi) is 6.42. The SMILES string of the molecule is CCCNc1cnc(C(=O)NCC(=O)NC(C)C)cn1. The van der Waals surface area contributed by atoms with Crippen LogP contribution in [-0.4, -0.2) is 40.9 Å². The average Bonchev–Trinajstić information content (AvgIpc) is 2.42. The summed E-state index contributed by atoms with van der Waals surface area (Å²) < 4.78 is 0. The van der Waals surface area contributed by atoms with Gasteiger partial charge in [0.15, 0.2) is 0 Å². The number of carbonyl (C=O) groups excluding carboxylic acids is 2. The third kappa shape index (κ3) is 5.64. The van der Waals surface area contributed by atoms with Crippen LogP contribution in [0, 0.1) is 0 Å². The van der Waals surface area contributed by atoms with Crippen LogP contribution >= 0.6 is 0 Å². The summed E-state index contributed by atoms with van der Waals surface area (Å²) in [5, 5.41) is 8.24. The van der Waals surface area contributed by atoms with E-state index in [0.717, 1.165) is 13.0 Å². The van der Waals surface area contributed by atoms with E-state index >= 15 is 0 Å². The maximum Gasteiger partial charge on any atom is 0.271 e. The maximum absolute atomic E-state index is 11.7. The molecule has 0 saturated heterocycles.